The average molecular weight is 386 g/mol. The Morgan fingerprint density at radius 2 is 1.82 bits per heavy atom. The van der Waals surface area contributed by atoms with E-state index in [0.29, 0.717) is 24.8 Å². The maximum Gasteiger partial charge on any atom is 0.123 e. The Morgan fingerprint density at radius 1 is 1.04 bits per heavy atom. The van der Waals surface area contributed by atoms with Crippen LogP contribution in [0.3, 0.4) is 0 Å². The summed E-state index contributed by atoms with van der Waals surface area (Å²) in [5.74, 6) is 0.478. The molecule has 152 valence electrons. The lowest BCUT2D eigenvalue weighted by Crippen LogP contribution is -2.24. The van der Waals surface area contributed by atoms with Gasteiger partial charge >= 0.3 is 0 Å². The zero-order valence-electron chi connectivity index (χ0n) is 16.5. The molecule has 1 fully saturated rings. The monoisotopic (exact) mass is 385 g/mol. The van der Waals surface area contributed by atoms with E-state index in [1.807, 2.05) is 6.07 Å². The van der Waals surface area contributed by atoms with Gasteiger partial charge in [0.15, 0.2) is 0 Å². The van der Waals surface area contributed by atoms with Gasteiger partial charge in [-0.05, 0) is 74.2 Å². The molecule has 0 spiro atoms. The van der Waals surface area contributed by atoms with Crippen LogP contribution in [0, 0.1) is 11.7 Å². The minimum Gasteiger partial charge on any atom is -0.387 e. The quantitative estimate of drug-likeness (QED) is 0.565. The van der Waals surface area contributed by atoms with E-state index in [1.54, 1.807) is 12.1 Å². The number of hydrogen-bond acceptors (Lipinski definition) is 3. The van der Waals surface area contributed by atoms with Gasteiger partial charge in [-0.2, -0.15) is 0 Å². The van der Waals surface area contributed by atoms with Gasteiger partial charge in [0.05, 0.1) is 18.8 Å². The smallest absolute Gasteiger partial charge is 0.123 e. The molecule has 0 radical (unpaired) electrons. The summed E-state index contributed by atoms with van der Waals surface area (Å²) in [6.45, 7) is 2.06. The van der Waals surface area contributed by atoms with Crippen molar-refractivity contribution in [1.82, 2.24) is 5.32 Å². The van der Waals surface area contributed by atoms with Gasteiger partial charge < -0.3 is 15.2 Å². The van der Waals surface area contributed by atoms with E-state index < -0.39 is 6.10 Å². The van der Waals surface area contributed by atoms with Gasteiger partial charge in [0, 0.05) is 6.54 Å². The van der Waals surface area contributed by atoms with Crippen LogP contribution in [-0.4, -0.2) is 24.3 Å². The maximum absolute atomic E-state index is 13.2. The number of benzene rings is 2. The van der Waals surface area contributed by atoms with Gasteiger partial charge in [0.1, 0.15) is 5.82 Å². The van der Waals surface area contributed by atoms with Crippen molar-refractivity contribution < 1.29 is 14.2 Å². The summed E-state index contributed by atoms with van der Waals surface area (Å²) in [7, 11) is 0. The van der Waals surface area contributed by atoms with Gasteiger partial charge in [-0.1, -0.05) is 42.5 Å². The average Bonchev–Trinajstić information content (AvgIpc) is 2.73. The molecule has 2 aromatic rings. The van der Waals surface area contributed by atoms with Crippen LogP contribution < -0.4 is 5.32 Å². The molecule has 0 heterocycles. The number of hydrogen-bond donors (Lipinski definition) is 2. The minimum atomic E-state index is -0.659. The predicted molar refractivity (Wildman–Crippen MR) is 110 cm³/mol. The number of aliphatic hydroxyl groups excluding tert-OH is 1. The highest BCUT2D eigenvalue weighted by molar-refractivity contribution is 5.19. The van der Waals surface area contributed by atoms with Crippen LogP contribution in [0.25, 0.3) is 0 Å². The van der Waals surface area contributed by atoms with Crippen LogP contribution >= 0.6 is 0 Å². The molecule has 0 unspecified atom stereocenters. The third-order valence-corrected chi connectivity index (χ3v) is 5.66. The molecule has 3 rings (SSSR count). The van der Waals surface area contributed by atoms with Crippen molar-refractivity contribution in [3.8, 4) is 0 Å². The van der Waals surface area contributed by atoms with Crippen LogP contribution in [-0.2, 0) is 11.3 Å². The van der Waals surface area contributed by atoms with Crippen LogP contribution in [0.1, 0.15) is 55.8 Å². The molecule has 0 bridgehead atoms. The Bertz CT molecular complexity index is 686. The summed E-state index contributed by atoms with van der Waals surface area (Å²) in [5, 5.41) is 13.4. The second-order valence-electron chi connectivity index (χ2n) is 7.86. The van der Waals surface area contributed by atoms with Crippen molar-refractivity contribution >= 4 is 0 Å². The standard InChI is InChI=1S/C24H32FNO2/c25-22-10-4-9-21(16-22)24(27)17-26-15-5-8-19-11-13-23(14-12-19)28-18-20-6-2-1-3-7-20/h1-4,6-7,9-10,16,19,23-24,26-27H,5,8,11-15,17-18H2/t19?,23?,24-/m0/s1. The topological polar surface area (TPSA) is 41.5 Å². The highest BCUT2D eigenvalue weighted by Crippen LogP contribution is 2.29. The second kappa shape index (κ2) is 11.3. The molecule has 0 saturated heterocycles. The zero-order valence-corrected chi connectivity index (χ0v) is 16.5. The van der Waals surface area contributed by atoms with Crippen molar-refractivity contribution in [3.63, 3.8) is 0 Å². The van der Waals surface area contributed by atoms with Gasteiger partial charge in [0.25, 0.3) is 0 Å². The lowest BCUT2D eigenvalue weighted by molar-refractivity contribution is 0.00620. The third-order valence-electron chi connectivity index (χ3n) is 5.66. The predicted octanol–water partition coefficient (Wildman–Crippen LogP) is 5.00. The van der Waals surface area contributed by atoms with Gasteiger partial charge in [-0.3, -0.25) is 0 Å². The third kappa shape index (κ3) is 7.01. The molecule has 4 heteroatoms. The largest absolute Gasteiger partial charge is 0.387 e. The first-order valence-electron chi connectivity index (χ1n) is 10.5. The van der Waals surface area contributed by atoms with Gasteiger partial charge in [-0.15, -0.1) is 0 Å². The van der Waals surface area contributed by atoms with Gasteiger partial charge in [-0.25, -0.2) is 4.39 Å². The molecular weight excluding hydrogens is 353 g/mol. The summed E-state index contributed by atoms with van der Waals surface area (Å²) >= 11 is 0. The minimum absolute atomic E-state index is 0.306. The SMILES string of the molecule is O[C@@H](CNCCCC1CCC(OCc2ccccc2)CC1)c1cccc(F)c1. The number of halogens is 1. The van der Waals surface area contributed by atoms with E-state index in [-0.39, 0.29) is 5.82 Å². The van der Waals surface area contributed by atoms with Crippen LogP contribution in [0.5, 0.6) is 0 Å². The molecule has 1 saturated carbocycles. The number of rotatable bonds is 10. The van der Waals surface area contributed by atoms with E-state index >= 15 is 0 Å². The normalized spacial score (nSPS) is 20.8. The summed E-state index contributed by atoms with van der Waals surface area (Å²) in [4.78, 5) is 0. The van der Waals surface area contributed by atoms with E-state index in [1.165, 1.54) is 37.0 Å². The molecule has 2 aromatic carbocycles. The molecule has 3 nitrogen and oxygen atoms in total. The van der Waals surface area contributed by atoms with E-state index in [9.17, 15) is 9.50 Å². The van der Waals surface area contributed by atoms with Crippen molar-refractivity contribution in [2.45, 2.75) is 57.3 Å². The van der Waals surface area contributed by atoms with Gasteiger partial charge in [0.2, 0.25) is 0 Å². The fourth-order valence-electron chi connectivity index (χ4n) is 3.96. The Labute approximate surface area is 167 Å². The summed E-state index contributed by atoms with van der Waals surface area (Å²) in [6.07, 6.45) is 6.86. The van der Waals surface area contributed by atoms with E-state index in [4.69, 9.17) is 4.74 Å². The lowest BCUT2D eigenvalue weighted by Gasteiger charge is -2.28. The molecule has 2 N–H and O–H groups in total. The summed E-state index contributed by atoms with van der Waals surface area (Å²) < 4.78 is 19.3. The Hall–Kier alpha value is -1.75. The molecule has 1 aliphatic carbocycles. The Morgan fingerprint density at radius 3 is 2.57 bits per heavy atom. The summed E-state index contributed by atoms with van der Waals surface area (Å²) in [5.41, 5.74) is 1.87. The molecule has 0 aromatic heterocycles. The first kappa shape index (κ1) is 21.0. The zero-order chi connectivity index (χ0) is 19.6. The highest BCUT2D eigenvalue weighted by Gasteiger charge is 2.21. The van der Waals surface area contributed by atoms with E-state index in [0.717, 1.165) is 31.7 Å². The van der Waals surface area contributed by atoms with Crippen molar-refractivity contribution in [3.05, 3.63) is 71.5 Å². The van der Waals surface area contributed by atoms with Crippen LogP contribution in [0.2, 0.25) is 0 Å². The van der Waals surface area contributed by atoms with Crippen LogP contribution in [0.4, 0.5) is 4.39 Å². The number of aliphatic hydroxyl groups is 1. The van der Waals surface area contributed by atoms with Crippen LogP contribution in [0.15, 0.2) is 54.6 Å². The Kier molecular flexibility index (Phi) is 8.46. The molecule has 1 aliphatic rings. The summed E-state index contributed by atoms with van der Waals surface area (Å²) in [6, 6.07) is 16.6. The lowest BCUT2D eigenvalue weighted by atomic mass is 9.84. The van der Waals surface area contributed by atoms with Crippen molar-refractivity contribution in [2.24, 2.45) is 5.92 Å². The molecule has 28 heavy (non-hydrogen) atoms. The maximum atomic E-state index is 13.2. The highest BCUT2D eigenvalue weighted by atomic mass is 19.1. The number of nitrogens with one attached hydrogen (secondary N) is 1. The molecule has 0 aliphatic heterocycles. The molecule has 1 atom stereocenters. The second-order valence-corrected chi connectivity index (χ2v) is 7.86. The molecule has 0 amide bonds. The Balaban J connectivity index is 1.24. The van der Waals surface area contributed by atoms with Crippen molar-refractivity contribution in [1.29, 1.82) is 0 Å². The van der Waals surface area contributed by atoms with Crippen molar-refractivity contribution in [2.75, 3.05) is 13.1 Å². The number of ether oxygens (including phenoxy) is 1. The first-order chi connectivity index (χ1) is 13.7. The van der Waals surface area contributed by atoms with E-state index in [2.05, 4.69) is 29.6 Å². The fraction of sp³-hybridized carbons (Fsp3) is 0.500. The fourth-order valence-corrected chi connectivity index (χ4v) is 3.96. The molecular formula is C24H32FNO2. The first-order valence-corrected chi connectivity index (χ1v) is 10.5.